The molecule has 0 radical (unpaired) electrons. The van der Waals surface area contributed by atoms with E-state index in [9.17, 15) is 9.90 Å². The fourth-order valence-electron chi connectivity index (χ4n) is 4.26. The number of carboxylic acid groups (broad SMARTS) is 1. The smallest absolute Gasteiger partial charge is 0.333 e. The van der Waals surface area contributed by atoms with Crippen molar-refractivity contribution in [1.82, 2.24) is 4.57 Å². The first-order valence-electron chi connectivity index (χ1n) is 11.8. The van der Waals surface area contributed by atoms with Crippen LogP contribution in [-0.2, 0) is 22.5 Å². The van der Waals surface area contributed by atoms with Crippen LogP contribution in [0.1, 0.15) is 18.2 Å². The number of rotatable bonds is 11. The van der Waals surface area contributed by atoms with Crippen LogP contribution in [0.3, 0.4) is 0 Å². The summed E-state index contributed by atoms with van der Waals surface area (Å²) in [5.41, 5.74) is 4.39. The number of aryl methyl sites for hydroxylation is 1. The molecule has 1 N–H and O–H groups in total. The van der Waals surface area contributed by atoms with E-state index in [1.807, 2.05) is 48.5 Å². The third kappa shape index (κ3) is 5.84. The molecular weight excluding hydrogens is 442 g/mol. The van der Waals surface area contributed by atoms with Crippen LogP contribution in [0.15, 0.2) is 72.8 Å². The van der Waals surface area contributed by atoms with Crippen molar-refractivity contribution < 1.29 is 24.1 Å². The van der Waals surface area contributed by atoms with Gasteiger partial charge in [-0.3, -0.25) is 0 Å². The van der Waals surface area contributed by atoms with E-state index in [-0.39, 0.29) is 0 Å². The van der Waals surface area contributed by atoms with Gasteiger partial charge in [0.2, 0.25) is 0 Å². The van der Waals surface area contributed by atoms with Crippen molar-refractivity contribution in [2.24, 2.45) is 0 Å². The number of fused-ring (bicyclic) bond motifs is 1. The Balaban J connectivity index is 1.42. The summed E-state index contributed by atoms with van der Waals surface area (Å²) in [6.07, 6.45) is -0.496. The van der Waals surface area contributed by atoms with E-state index in [0.29, 0.717) is 19.6 Å². The summed E-state index contributed by atoms with van der Waals surface area (Å²) in [5, 5.41) is 11.4. The highest BCUT2D eigenvalue weighted by atomic mass is 16.5. The predicted octanol–water partition coefficient (Wildman–Crippen LogP) is 5.74. The van der Waals surface area contributed by atoms with Crippen LogP contribution in [-0.4, -0.2) is 42.1 Å². The molecule has 35 heavy (non-hydrogen) atoms. The minimum Gasteiger partial charge on any atom is -0.497 e. The van der Waals surface area contributed by atoms with E-state index in [1.54, 1.807) is 14.0 Å². The van der Waals surface area contributed by atoms with Gasteiger partial charge in [-0.2, -0.15) is 0 Å². The molecule has 0 spiro atoms. The number of hydrogen-bond acceptors (Lipinski definition) is 4. The zero-order chi connectivity index (χ0) is 24.8. The van der Waals surface area contributed by atoms with Crippen LogP contribution in [0.25, 0.3) is 22.0 Å². The fraction of sp³-hybridized carbons (Fsp3) is 0.276. The number of hydrogen-bond donors (Lipinski definition) is 1. The quantitative estimate of drug-likeness (QED) is 0.301. The molecular formula is C29H31NO5. The van der Waals surface area contributed by atoms with Crippen LogP contribution in [0.4, 0.5) is 0 Å². The molecule has 0 amide bonds. The van der Waals surface area contributed by atoms with Gasteiger partial charge in [0.15, 0.2) is 6.10 Å². The van der Waals surface area contributed by atoms with Gasteiger partial charge >= 0.3 is 5.97 Å². The van der Waals surface area contributed by atoms with Crippen molar-refractivity contribution in [3.05, 3.63) is 84.1 Å². The first-order chi connectivity index (χ1) is 17.0. The van der Waals surface area contributed by atoms with E-state index in [4.69, 9.17) is 14.2 Å². The van der Waals surface area contributed by atoms with Crippen LogP contribution in [0.5, 0.6) is 11.5 Å². The van der Waals surface area contributed by atoms with Crippen LogP contribution in [0.2, 0.25) is 0 Å². The van der Waals surface area contributed by atoms with Gasteiger partial charge in [0, 0.05) is 24.4 Å². The second kappa shape index (κ2) is 11.1. The molecule has 182 valence electrons. The minimum absolute atomic E-state index is 0.337. The lowest BCUT2D eigenvalue weighted by molar-refractivity contribution is -0.149. The van der Waals surface area contributed by atoms with Gasteiger partial charge in [0.05, 0.1) is 13.7 Å². The lowest BCUT2D eigenvalue weighted by Crippen LogP contribution is -2.26. The van der Waals surface area contributed by atoms with Crippen LogP contribution >= 0.6 is 0 Å². The van der Waals surface area contributed by atoms with E-state index in [1.165, 1.54) is 5.69 Å². The van der Waals surface area contributed by atoms with E-state index >= 15 is 0 Å². The zero-order valence-electron chi connectivity index (χ0n) is 20.4. The summed E-state index contributed by atoms with van der Waals surface area (Å²) in [7, 11) is 1.67. The van der Waals surface area contributed by atoms with E-state index in [0.717, 1.165) is 45.6 Å². The molecule has 0 aliphatic heterocycles. The Morgan fingerprint density at radius 3 is 2.37 bits per heavy atom. The molecule has 0 saturated carbocycles. The Kier molecular flexibility index (Phi) is 7.73. The second-order valence-corrected chi connectivity index (χ2v) is 8.42. The Hall–Kier alpha value is -3.77. The molecule has 6 heteroatoms. The average molecular weight is 474 g/mol. The summed E-state index contributed by atoms with van der Waals surface area (Å²) in [4.78, 5) is 11.4. The van der Waals surface area contributed by atoms with Crippen molar-refractivity contribution >= 4 is 16.7 Å². The third-order valence-corrected chi connectivity index (χ3v) is 6.11. The molecule has 0 aliphatic carbocycles. The van der Waals surface area contributed by atoms with Crippen molar-refractivity contribution in [2.75, 3.05) is 20.3 Å². The van der Waals surface area contributed by atoms with Crippen molar-refractivity contribution in [3.8, 4) is 22.8 Å². The van der Waals surface area contributed by atoms with Gasteiger partial charge in [0.25, 0.3) is 0 Å². The van der Waals surface area contributed by atoms with Crippen molar-refractivity contribution in [2.45, 2.75) is 32.9 Å². The molecule has 0 saturated heterocycles. The molecule has 1 atom stereocenters. The molecule has 0 bridgehead atoms. The molecule has 1 aromatic heterocycles. The number of carboxylic acids is 1. The number of ether oxygens (including phenoxy) is 3. The molecule has 4 aromatic rings. The monoisotopic (exact) mass is 473 g/mol. The summed E-state index contributed by atoms with van der Waals surface area (Å²) < 4.78 is 19.0. The van der Waals surface area contributed by atoms with Gasteiger partial charge in [-0.05, 0) is 84.3 Å². The maximum absolute atomic E-state index is 11.4. The summed E-state index contributed by atoms with van der Waals surface area (Å²) >= 11 is 0. The molecule has 0 fully saturated rings. The minimum atomic E-state index is -0.941. The average Bonchev–Trinajstić information content (AvgIpc) is 3.24. The van der Waals surface area contributed by atoms with Gasteiger partial charge in [0.1, 0.15) is 18.1 Å². The molecule has 3 aromatic carbocycles. The molecule has 6 nitrogen and oxygen atoms in total. The van der Waals surface area contributed by atoms with E-state index in [2.05, 4.69) is 35.8 Å². The van der Waals surface area contributed by atoms with Crippen molar-refractivity contribution in [3.63, 3.8) is 0 Å². The summed E-state index contributed by atoms with van der Waals surface area (Å²) in [5.74, 6) is 0.703. The number of aliphatic carboxylic acids is 1. The number of benzene rings is 3. The summed E-state index contributed by atoms with van der Waals surface area (Å²) in [6.45, 7) is 5.54. The van der Waals surface area contributed by atoms with Gasteiger partial charge in [-0.25, -0.2) is 4.79 Å². The third-order valence-electron chi connectivity index (χ3n) is 6.11. The lowest BCUT2D eigenvalue weighted by Gasteiger charge is -2.14. The Morgan fingerprint density at radius 1 is 0.943 bits per heavy atom. The normalized spacial score (nSPS) is 12.0. The fourth-order valence-corrected chi connectivity index (χ4v) is 4.26. The van der Waals surface area contributed by atoms with Gasteiger partial charge in [-0.15, -0.1) is 0 Å². The maximum Gasteiger partial charge on any atom is 0.333 e. The zero-order valence-corrected chi connectivity index (χ0v) is 20.4. The molecule has 4 rings (SSSR count). The van der Waals surface area contributed by atoms with Gasteiger partial charge in [-0.1, -0.05) is 24.3 Å². The number of nitrogens with zero attached hydrogens (tertiary/aromatic N) is 1. The van der Waals surface area contributed by atoms with E-state index < -0.39 is 12.1 Å². The SMILES string of the molecule is CCOC(Cc1ccc2cc(OCCn3c(C)ccc3-c3ccc(OC)cc3)ccc2c1)C(=O)O. The number of carbonyl (C=O) groups is 1. The number of aromatic nitrogens is 1. The first-order valence-corrected chi connectivity index (χ1v) is 11.8. The Labute approximate surface area is 205 Å². The topological polar surface area (TPSA) is 69.9 Å². The predicted molar refractivity (Wildman–Crippen MR) is 137 cm³/mol. The maximum atomic E-state index is 11.4. The first kappa shape index (κ1) is 24.4. The largest absolute Gasteiger partial charge is 0.497 e. The highest BCUT2D eigenvalue weighted by molar-refractivity contribution is 5.84. The number of methoxy groups -OCH3 is 1. The van der Waals surface area contributed by atoms with Crippen LogP contribution in [0, 0.1) is 6.92 Å². The Morgan fingerprint density at radius 2 is 1.66 bits per heavy atom. The molecule has 1 heterocycles. The highest BCUT2D eigenvalue weighted by Gasteiger charge is 2.18. The second-order valence-electron chi connectivity index (χ2n) is 8.42. The Bertz CT molecular complexity index is 1290. The van der Waals surface area contributed by atoms with Crippen molar-refractivity contribution in [1.29, 1.82) is 0 Å². The lowest BCUT2D eigenvalue weighted by atomic mass is 10.0. The highest BCUT2D eigenvalue weighted by Crippen LogP contribution is 2.26. The van der Waals surface area contributed by atoms with Crippen LogP contribution < -0.4 is 9.47 Å². The standard InChI is InChI=1S/C29H31NO5/c1-4-34-28(29(31)32)18-21-6-7-24-19-26(13-10-23(24)17-21)35-16-15-30-20(2)5-14-27(30)22-8-11-25(33-3)12-9-22/h5-14,17,19,28H,4,15-16,18H2,1-3H3,(H,31,32). The summed E-state index contributed by atoms with van der Waals surface area (Å²) in [6, 6.07) is 24.3. The van der Waals surface area contributed by atoms with Gasteiger partial charge < -0.3 is 23.9 Å². The molecule has 1 unspecified atom stereocenters. The molecule has 0 aliphatic rings.